The fourth-order valence-electron chi connectivity index (χ4n) is 1.64. The highest BCUT2D eigenvalue weighted by Crippen LogP contribution is 2.22. The molecule has 0 aliphatic heterocycles. The number of hydrogen-bond acceptors (Lipinski definition) is 2. The van der Waals surface area contributed by atoms with Crippen LogP contribution in [0.2, 0.25) is 0 Å². The van der Waals surface area contributed by atoms with Gasteiger partial charge in [-0.25, -0.2) is 0 Å². The number of anilines is 1. The molecular formula is C14H17N3O. The highest BCUT2D eigenvalue weighted by atomic mass is 16.1. The summed E-state index contributed by atoms with van der Waals surface area (Å²) in [7, 11) is 0. The van der Waals surface area contributed by atoms with Crippen molar-refractivity contribution in [3.63, 3.8) is 0 Å². The van der Waals surface area contributed by atoms with Crippen LogP contribution in [0.5, 0.6) is 0 Å². The quantitative estimate of drug-likeness (QED) is 0.852. The molecule has 0 saturated carbocycles. The number of nitrogens with zero attached hydrogens (tertiary/aromatic N) is 1. The van der Waals surface area contributed by atoms with Crippen LogP contribution in [-0.2, 0) is 5.41 Å². The summed E-state index contributed by atoms with van der Waals surface area (Å²) in [6.07, 6.45) is 3.21. The van der Waals surface area contributed by atoms with Gasteiger partial charge in [-0.1, -0.05) is 32.9 Å². The van der Waals surface area contributed by atoms with Crippen molar-refractivity contribution in [3.8, 4) is 0 Å². The largest absolute Gasteiger partial charge is 0.319 e. The van der Waals surface area contributed by atoms with Crippen LogP contribution < -0.4 is 5.32 Å². The highest BCUT2D eigenvalue weighted by molar-refractivity contribution is 6.04. The molecule has 0 bridgehead atoms. The van der Waals surface area contributed by atoms with E-state index in [0.29, 0.717) is 11.3 Å². The van der Waals surface area contributed by atoms with Crippen molar-refractivity contribution in [2.75, 3.05) is 5.32 Å². The summed E-state index contributed by atoms with van der Waals surface area (Å²) in [5.74, 6) is -0.128. The molecule has 0 aliphatic carbocycles. The standard InChI is InChI=1S/C14H17N3O/c1-14(2,3)11-6-4-10(5-7-11)13(18)17-12-8-15-16-9-12/h4-9H,1-3H3,(H,15,16)(H,17,18). The summed E-state index contributed by atoms with van der Waals surface area (Å²) in [6, 6.07) is 7.67. The predicted octanol–water partition coefficient (Wildman–Crippen LogP) is 2.96. The molecule has 2 rings (SSSR count). The molecule has 0 fully saturated rings. The van der Waals surface area contributed by atoms with Crippen molar-refractivity contribution < 1.29 is 4.79 Å². The fourth-order valence-corrected chi connectivity index (χ4v) is 1.64. The number of amides is 1. The zero-order chi connectivity index (χ0) is 13.2. The summed E-state index contributed by atoms with van der Waals surface area (Å²) < 4.78 is 0. The maximum Gasteiger partial charge on any atom is 0.255 e. The average Bonchev–Trinajstić information content (AvgIpc) is 2.81. The smallest absolute Gasteiger partial charge is 0.255 e. The van der Waals surface area contributed by atoms with Gasteiger partial charge in [-0.2, -0.15) is 5.10 Å². The molecule has 0 spiro atoms. The second-order valence-electron chi connectivity index (χ2n) is 5.27. The minimum Gasteiger partial charge on any atom is -0.319 e. The van der Waals surface area contributed by atoms with Gasteiger partial charge in [0.2, 0.25) is 0 Å². The molecule has 94 valence electrons. The number of carbonyl (C=O) groups excluding carboxylic acids is 1. The number of aromatic amines is 1. The first-order valence-electron chi connectivity index (χ1n) is 5.87. The SMILES string of the molecule is CC(C)(C)c1ccc(C(=O)Nc2cn[nH]c2)cc1. The van der Waals surface area contributed by atoms with E-state index in [4.69, 9.17) is 0 Å². The van der Waals surface area contributed by atoms with E-state index in [-0.39, 0.29) is 11.3 Å². The Kier molecular flexibility index (Phi) is 3.19. The maximum atomic E-state index is 11.9. The van der Waals surface area contributed by atoms with Gasteiger partial charge in [0, 0.05) is 11.8 Å². The lowest BCUT2D eigenvalue weighted by atomic mass is 9.87. The van der Waals surface area contributed by atoms with Crippen LogP contribution in [0.15, 0.2) is 36.7 Å². The molecule has 1 heterocycles. The Morgan fingerprint density at radius 1 is 1.22 bits per heavy atom. The summed E-state index contributed by atoms with van der Waals surface area (Å²) in [5.41, 5.74) is 2.62. The molecule has 2 aromatic rings. The second kappa shape index (κ2) is 4.64. The molecule has 1 amide bonds. The summed E-state index contributed by atoms with van der Waals surface area (Å²) in [5, 5.41) is 9.19. The van der Waals surface area contributed by atoms with Gasteiger partial charge in [0.05, 0.1) is 11.9 Å². The number of hydrogen-bond donors (Lipinski definition) is 2. The van der Waals surface area contributed by atoms with Gasteiger partial charge in [-0.05, 0) is 23.1 Å². The van der Waals surface area contributed by atoms with E-state index in [0.717, 1.165) is 0 Å². The lowest BCUT2D eigenvalue weighted by Gasteiger charge is -2.18. The molecule has 4 heteroatoms. The van der Waals surface area contributed by atoms with Gasteiger partial charge < -0.3 is 5.32 Å². The van der Waals surface area contributed by atoms with Crippen molar-refractivity contribution in [1.82, 2.24) is 10.2 Å². The zero-order valence-electron chi connectivity index (χ0n) is 10.8. The molecule has 2 N–H and O–H groups in total. The Bertz CT molecular complexity index is 521. The van der Waals surface area contributed by atoms with Gasteiger partial charge in [-0.3, -0.25) is 9.89 Å². The maximum absolute atomic E-state index is 11.9. The van der Waals surface area contributed by atoms with E-state index in [9.17, 15) is 4.79 Å². The number of carbonyl (C=O) groups is 1. The van der Waals surface area contributed by atoms with Crippen molar-refractivity contribution in [1.29, 1.82) is 0 Å². The average molecular weight is 243 g/mol. The van der Waals surface area contributed by atoms with Crippen molar-refractivity contribution in [2.45, 2.75) is 26.2 Å². The number of benzene rings is 1. The van der Waals surface area contributed by atoms with Crippen LogP contribution >= 0.6 is 0 Å². The molecule has 0 aliphatic rings. The van der Waals surface area contributed by atoms with Crippen molar-refractivity contribution in [3.05, 3.63) is 47.8 Å². The predicted molar refractivity (Wildman–Crippen MR) is 71.7 cm³/mol. The minimum absolute atomic E-state index is 0.0968. The van der Waals surface area contributed by atoms with Crippen molar-refractivity contribution in [2.24, 2.45) is 0 Å². The highest BCUT2D eigenvalue weighted by Gasteiger charge is 2.14. The van der Waals surface area contributed by atoms with E-state index in [2.05, 4.69) is 36.3 Å². The number of rotatable bonds is 2. The lowest BCUT2D eigenvalue weighted by molar-refractivity contribution is 0.102. The van der Waals surface area contributed by atoms with E-state index in [1.165, 1.54) is 5.56 Å². The fraction of sp³-hybridized carbons (Fsp3) is 0.286. The van der Waals surface area contributed by atoms with Crippen LogP contribution in [-0.4, -0.2) is 16.1 Å². The molecule has 1 aromatic heterocycles. The third kappa shape index (κ3) is 2.77. The van der Waals surface area contributed by atoms with Gasteiger partial charge in [0.1, 0.15) is 0 Å². The first kappa shape index (κ1) is 12.4. The summed E-state index contributed by atoms with van der Waals surface area (Å²) >= 11 is 0. The van der Waals surface area contributed by atoms with E-state index in [1.807, 2.05) is 24.3 Å². The summed E-state index contributed by atoms with van der Waals surface area (Å²) in [6.45, 7) is 6.44. The Morgan fingerprint density at radius 2 is 1.89 bits per heavy atom. The molecular weight excluding hydrogens is 226 g/mol. The van der Waals surface area contributed by atoms with E-state index >= 15 is 0 Å². The van der Waals surface area contributed by atoms with Gasteiger partial charge >= 0.3 is 0 Å². The van der Waals surface area contributed by atoms with Crippen LogP contribution in [0.4, 0.5) is 5.69 Å². The first-order chi connectivity index (χ1) is 8.47. The van der Waals surface area contributed by atoms with Crippen LogP contribution in [0, 0.1) is 0 Å². The number of nitrogens with one attached hydrogen (secondary N) is 2. The normalized spacial score (nSPS) is 11.3. The molecule has 0 atom stereocenters. The zero-order valence-corrected chi connectivity index (χ0v) is 10.8. The van der Waals surface area contributed by atoms with Gasteiger partial charge in [-0.15, -0.1) is 0 Å². The van der Waals surface area contributed by atoms with E-state index in [1.54, 1.807) is 12.4 Å². The lowest BCUT2D eigenvalue weighted by Crippen LogP contribution is -2.14. The van der Waals surface area contributed by atoms with Gasteiger partial charge in [0.25, 0.3) is 5.91 Å². The molecule has 18 heavy (non-hydrogen) atoms. The third-order valence-electron chi connectivity index (χ3n) is 2.77. The van der Waals surface area contributed by atoms with Gasteiger partial charge in [0.15, 0.2) is 0 Å². The van der Waals surface area contributed by atoms with Crippen LogP contribution in [0.3, 0.4) is 0 Å². The Balaban J connectivity index is 2.12. The molecule has 1 aromatic carbocycles. The third-order valence-corrected chi connectivity index (χ3v) is 2.77. The van der Waals surface area contributed by atoms with E-state index < -0.39 is 0 Å². The number of aromatic nitrogens is 2. The number of H-pyrrole nitrogens is 1. The Hall–Kier alpha value is -2.10. The molecule has 4 nitrogen and oxygen atoms in total. The first-order valence-corrected chi connectivity index (χ1v) is 5.87. The van der Waals surface area contributed by atoms with Crippen LogP contribution in [0.1, 0.15) is 36.7 Å². The monoisotopic (exact) mass is 243 g/mol. The molecule has 0 radical (unpaired) electrons. The Morgan fingerprint density at radius 3 is 2.39 bits per heavy atom. The minimum atomic E-state index is -0.128. The molecule has 0 saturated heterocycles. The Labute approximate surface area is 106 Å². The molecule has 0 unspecified atom stereocenters. The topological polar surface area (TPSA) is 57.8 Å². The summed E-state index contributed by atoms with van der Waals surface area (Å²) in [4.78, 5) is 11.9. The van der Waals surface area contributed by atoms with Crippen molar-refractivity contribution >= 4 is 11.6 Å². The second-order valence-corrected chi connectivity index (χ2v) is 5.27. The van der Waals surface area contributed by atoms with Crippen LogP contribution in [0.25, 0.3) is 0 Å².